The molecule has 3 atom stereocenters. The molecule has 3 unspecified atom stereocenters. The molecule has 0 aromatic carbocycles. The minimum atomic E-state index is -0.585. The van der Waals surface area contributed by atoms with Crippen molar-refractivity contribution in [1.82, 2.24) is 0 Å². The fourth-order valence-corrected chi connectivity index (χ4v) is 2.84. The second-order valence-corrected chi connectivity index (χ2v) is 4.87. The number of carbonyl (C=O) groups is 1. The van der Waals surface area contributed by atoms with Gasteiger partial charge in [0.15, 0.2) is 0 Å². The molecule has 88 valence electrons. The van der Waals surface area contributed by atoms with E-state index in [1.54, 1.807) is 0 Å². The summed E-state index contributed by atoms with van der Waals surface area (Å²) >= 11 is 0. The number of aliphatic carboxylic acids is 1. The van der Waals surface area contributed by atoms with Gasteiger partial charge in [0.05, 0.1) is 5.92 Å². The zero-order valence-electron chi connectivity index (χ0n) is 9.64. The third-order valence-corrected chi connectivity index (χ3v) is 3.78. The summed E-state index contributed by atoms with van der Waals surface area (Å²) < 4.78 is 0. The first-order chi connectivity index (χ1) is 7.80. The lowest BCUT2D eigenvalue weighted by Gasteiger charge is -1.97. The molecule has 0 amide bonds. The SMILES string of the molecule is O=C(O)C1C2CC/C=C\CC/C=C/CCC21. The highest BCUT2D eigenvalue weighted by atomic mass is 16.4. The molecule has 1 N–H and O–H groups in total. The molecule has 0 aromatic heterocycles. The second-order valence-electron chi connectivity index (χ2n) is 4.87. The van der Waals surface area contributed by atoms with Crippen LogP contribution in [0.1, 0.15) is 38.5 Å². The standard InChI is InChI=1S/C14H20O2/c15-14(16)13-11-9-7-5-3-1-2-4-6-8-10-12(11)13/h3-6,11-13H,1-2,7-10H2,(H,15,16)/b5-3-,6-4+. The first kappa shape index (κ1) is 11.4. The number of rotatable bonds is 1. The summed E-state index contributed by atoms with van der Waals surface area (Å²) in [6.45, 7) is 0. The molecule has 0 aromatic rings. The van der Waals surface area contributed by atoms with Gasteiger partial charge in [0.2, 0.25) is 0 Å². The van der Waals surface area contributed by atoms with Crippen molar-refractivity contribution in [2.45, 2.75) is 38.5 Å². The van der Waals surface area contributed by atoms with E-state index in [0.717, 1.165) is 38.5 Å². The van der Waals surface area contributed by atoms with Crippen molar-refractivity contribution in [2.24, 2.45) is 17.8 Å². The first-order valence-electron chi connectivity index (χ1n) is 6.33. The van der Waals surface area contributed by atoms with Gasteiger partial charge in [-0.05, 0) is 50.4 Å². The number of hydrogen-bond acceptors (Lipinski definition) is 1. The van der Waals surface area contributed by atoms with E-state index >= 15 is 0 Å². The number of carboxylic acids is 1. The largest absolute Gasteiger partial charge is 0.481 e. The fourth-order valence-electron chi connectivity index (χ4n) is 2.84. The van der Waals surface area contributed by atoms with E-state index in [9.17, 15) is 4.79 Å². The summed E-state index contributed by atoms with van der Waals surface area (Å²) in [4.78, 5) is 11.0. The van der Waals surface area contributed by atoms with Gasteiger partial charge in [0.25, 0.3) is 0 Å². The van der Waals surface area contributed by atoms with Gasteiger partial charge < -0.3 is 5.11 Å². The third-order valence-electron chi connectivity index (χ3n) is 3.78. The van der Waals surface area contributed by atoms with Crippen LogP contribution in [0.25, 0.3) is 0 Å². The van der Waals surface area contributed by atoms with Crippen LogP contribution in [0.5, 0.6) is 0 Å². The quantitative estimate of drug-likeness (QED) is 0.688. The molecular weight excluding hydrogens is 200 g/mol. The molecule has 2 aliphatic rings. The number of allylic oxidation sites excluding steroid dienone is 4. The number of hydrogen-bond donors (Lipinski definition) is 1. The van der Waals surface area contributed by atoms with E-state index in [0.29, 0.717) is 11.8 Å². The molecule has 0 bridgehead atoms. The Balaban J connectivity index is 1.92. The van der Waals surface area contributed by atoms with Gasteiger partial charge in [-0.25, -0.2) is 0 Å². The minimum absolute atomic E-state index is 0.0532. The lowest BCUT2D eigenvalue weighted by molar-refractivity contribution is -0.139. The molecule has 2 nitrogen and oxygen atoms in total. The summed E-state index contributed by atoms with van der Waals surface area (Å²) in [5.74, 6) is 0.241. The Morgan fingerprint density at radius 3 is 1.75 bits per heavy atom. The summed E-state index contributed by atoms with van der Waals surface area (Å²) in [5.41, 5.74) is 0. The van der Waals surface area contributed by atoms with Crippen molar-refractivity contribution < 1.29 is 9.90 Å². The molecule has 0 aliphatic heterocycles. The molecule has 2 rings (SSSR count). The van der Waals surface area contributed by atoms with Gasteiger partial charge in [-0.3, -0.25) is 4.79 Å². The molecule has 0 radical (unpaired) electrons. The topological polar surface area (TPSA) is 37.3 Å². The average molecular weight is 220 g/mol. The van der Waals surface area contributed by atoms with Gasteiger partial charge >= 0.3 is 5.97 Å². The van der Waals surface area contributed by atoms with E-state index in [-0.39, 0.29) is 5.92 Å². The highest BCUT2D eigenvalue weighted by molar-refractivity contribution is 5.74. The van der Waals surface area contributed by atoms with Crippen LogP contribution in [0.15, 0.2) is 24.3 Å². The summed E-state index contributed by atoms with van der Waals surface area (Å²) in [5, 5.41) is 9.08. The van der Waals surface area contributed by atoms with Crippen molar-refractivity contribution in [3.63, 3.8) is 0 Å². The van der Waals surface area contributed by atoms with Gasteiger partial charge in [0.1, 0.15) is 0 Å². The zero-order valence-corrected chi connectivity index (χ0v) is 9.64. The Morgan fingerprint density at radius 1 is 0.875 bits per heavy atom. The smallest absolute Gasteiger partial charge is 0.307 e. The Labute approximate surface area is 97.0 Å². The van der Waals surface area contributed by atoms with Crippen LogP contribution in [0.3, 0.4) is 0 Å². The van der Waals surface area contributed by atoms with E-state index in [2.05, 4.69) is 24.3 Å². The molecule has 0 heterocycles. The van der Waals surface area contributed by atoms with Gasteiger partial charge in [-0.15, -0.1) is 0 Å². The predicted molar refractivity (Wildman–Crippen MR) is 64.1 cm³/mol. The molecule has 2 aliphatic carbocycles. The average Bonchev–Trinajstić information content (AvgIpc) is 2.91. The Hall–Kier alpha value is -1.05. The lowest BCUT2D eigenvalue weighted by Crippen LogP contribution is -2.00. The van der Waals surface area contributed by atoms with Gasteiger partial charge in [-0.1, -0.05) is 24.3 Å². The molecule has 1 fully saturated rings. The third kappa shape index (κ3) is 2.75. The fraction of sp³-hybridized carbons (Fsp3) is 0.643. The van der Waals surface area contributed by atoms with Gasteiger partial charge in [0, 0.05) is 0 Å². The molecule has 16 heavy (non-hydrogen) atoms. The molecule has 0 saturated heterocycles. The van der Waals surface area contributed by atoms with Crippen LogP contribution in [-0.4, -0.2) is 11.1 Å². The Morgan fingerprint density at radius 2 is 1.31 bits per heavy atom. The maximum absolute atomic E-state index is 11.0. The van der Waals surface area contributed by atoms with Crippen molar-refractivity contribution in [1.29, 1.82) is 0 Å². The van der Waals surface area contributed by atoms with Crippen LogP contribution in [0.2, 0.25) is 0 Å². The van der Waals surface area contributed by atoms with Crippen LogP contribution in [0, 0.1) is 17.8 Å². The van der Waals surface area contributed by atoms with E-state index in [1.165, 1.54) is 0 Å². The van der Waals surface area contributed by atoms with E-state index in [4.69, 9.17) is 5.11 Å². The summed E-state index contributed by atoms with van der Waals surface area (Å²) in [6.07, 6.45) is 15.3. The highest BCUT2D eigenvalue weighted by Crippen LogP contribution is 2.52. The predicted octanol–water partition coefficient (Wildman–Crippen LogP) is 3.40. The molecule has 2 heteroatoms. The summed E-state index contributed by atoms with van der Waals surface area (Å²) in [7, 11) is 0. The molecular formula is C14H20O2. The van der Waals surface area contributed by atoms with Crippen molar-refractivity contribution >= 4 is 5.97 Å². The van der Waals surface area contributed by atoms with Crippen molar-refractivity contribution in [3.8, 4) is 0 Å². The Bertz CT molecular complexity index is 280. The maximum atomic E-state index is 11.0. The van der Waals surface area contributed by atoms with E-state index < -0.39 is 5.97 Å². The van der Waals surface area contributed by atoms with Crippen LogP contribution in [0.4, 0.5) is 0 Å². The maximum Gasteiger partial charge on any atom is 0.307 e. The minimum Gasteiger partial charge on any atom is -0.481 e. The first-order valence-corrected chi connectivity index (χ1v) is 6.33. The van der Waals surface area contributed by atoms with Crippen molar-refractivity contribution in [3.05, 3.63) is 24.3 Å². The van der Waals surface area contributed by atoms with Crippen LogP contribution >= 0.6 is 0 Å². The zero-order chi connectivity index (χ0) is 11.4. The van der Waals surface area contributed by atoms with Crippen LogP contribution in [-0.2, 0) is 4.79 Å². The monoisotopic (exact) mass is 220 g/mol. The summed E-state index contributed by atoms with van der Waals surface area (Å²) in [6, 6.07) is 0. The lowest BCUT2D eigenvalue weighted by atomic mass is 10.1. The van der Waals surface area contributed by atoms with Gasteiger partial charge in [-0.2, -0.15) is 0 Å². The molecule has 1 saturated carbocycles. The second kappa shape index (κ2) is 5.33. The van der Waals surface area contributed by atoms with Crippen molar-refractivity contribution in [2.75, 3.05) is 0 Å². The normalized spacial score (nSPS) is 38.6. The van der Waals surface area contributed by atoms with E-state index in [1.807, 2.05) is 0 Å². The number of carboxylic acid groups (broad SMARTS) is 1. The Kier molecular flexibility index (Phi) is 3.81. The highest BCUT2D eigenvalue weighted by Gasteiger charge is 2.53. The molecule has 0 spiro atoms. The number of fused-ring (bicyclic) bond motifs is 1. The van der Waals surface area contributed by atoms with Crippen LogP contribution < -0.4 is 0 Å².